The van der Waals surface area contributed by atoms with Crippen molar-refractivity contribution in [3.05, 3.63) is 65.2 Å². The number of hydrogen-bond acceptors (Lipinski definition) is 5. The van der Waals surface area contributed by atoms with Crippen LogP contribution in [0.25, 0.3) is 11.4 Å². The summed E-state index contributed by atoms with van der Waals surface area (Å²) in [7, 11) is 0. The molecular formula is C24H30N4O2S. The quantitative estimate of drug-likeness (QED) is 0.468. The summed E-state index contributed by atoms with van der Waals surface area (Å²) in [6, 6.07) is 16.3. The Labute approximate surface area is 188 Å². The first-order chi connectivity index (χ1) is 15.0. The van der Waals surface area contributed by atoms with Crippen molar-refractivity contribution in [3.63, 3.8) is 0 Å². The van der Waals surface area contributed by atoms with Gasteiger partial charge in [-0.15, -0.1) is 10.2 Å². The standard InChI is InChI=1S/C24H30N4O2S/c1-5-28-23(21-11-6-8-18(4)12-21)26-27-24(28)31-16-22(29)25-14-19-9-7-10-20(13-19)15-30-17(2)3/h6-13,17H,5,14-16H2,1-4H3,(H,25,29). The number of hydrogen-bond donors (Lipinski definition) is 1. The number of benzene rings is 2. The van der Waals surface area contributed by atoms with E-state index in [0.29, 0.717) is 18.9 Å². The highest BCUT2D eigenvalue weighted by Crippen LogP contribution is 2.24. The molecule has 6 nitrogen and oxygen atoms in total. The van der Waals surface area contributed by atoms with Gasteiger partial charge in [-0.05, 0) is 44.9 Å². The highest BCUT2D eigenvalue weighted by molar-refractivity contribution is 7.99. The zero-order valence-corrected chi connectivity index (χ0v) is 19.4. The molecule has 1 N–H and O–H groups in total. The Morgan fingerprint density at radius 3 is 2.65 bits per heavy atom. The lowest BCUT2D eigenvalue weighted by molar-refractivity contribution is -0.118. The van der Waals surface area contributed by atoms with Crippen LogP contribution in [0.3, 0.4) is 0 Å². The summed E-state index contributed by atoms with van der Waals surface area (Å²) in [6.07, 6.45) is 0.192. The topological polar surface area (TPSA) is 69.0 Å². The first-order valence-electron chi connectivity index (χ1n) is 10.6. The molecule has 2 aromatic carbocycles. The van der Waals surface area contributed by atoms with Gasteiger partial charge in [0.2, 0.25) is 5.91 Å². The maximum atomic E-state index is 12.4. The Morgan fingerprint density at radius 1 is 1.13 bits per heavy atom. The Hall–Kier alpha value is -2.64. The second kappa shape index (κ2) is 11.1. The minimum absolute atomic E-state index is 0.0309. The molecule has 31 heavy (non-hydrogen) atoms. The number of aryl methyl sites for hydroxylation is 1. The molecule has 0 aliphatic rings. The van der Waals surface area contributed by atoms with E-state index in [1.807, 2.05) is 48.7 Å². The molecule has 1 heterocycles. The summed E-state index contributed by atoms with van der Waals surface area (Å²) < 4.78 is 7.70. The van der Waals surface area contributed by atoms with Crippen LogP contribution < -0.4 is 5.32 Å². The summed E-state index contributed by atoms with van der Waals surface area (Å²) in [5.41, 5.74) is 4.37. The summed E-state index contributed by atoms with van der Waals surface area (Å²) in [5.74, 6) is 1.09. The van der Waals surface area contributed by atoms with Crippen molar-refractivity contribution in [2.75, 3.05) is 5.75 Å². The maximum absolute atomic E-state index is 12.4. The van der Waals surface area contributed by atoms with Crippen molar-refractivity contribution in [1.82, 2.24) is 20.1 Å². The van der Waals surface area contributed by atoms with Crippen molar-refractivity contribution in [3.8, 4) is 11.4 Å². The van der Waals surface area contributed by atoms with Gasteiger partial charge in [0.25, 0.3) is 0 Å². The predicted octanol–water partition coefficient (Wildman–Crippen LogP) is 4.61. The van der Waals surface area contributed by atoms with Gasteiger partial charge < -0.3 is 14.6 Å². The van der Waals surface area contributed by atoms with Gasteiger partial charge in [0, 0.05) is 18.7 Å². The molecule has 0 aliphatic heterocycles. The lowest BCUT2D eigenvalue weighted by Crippen LogP contribution is -2.24. The normalized spacial score (nSPS) is 11.1. The van der Waals surface area contributed by atoms with Crippen LogP contribution in [0.5, 0.6) is 0 Å². The Bertz CT molecular complexity index is 1020. The van der Waals surface area contributed by atoms with Gasteiger partial charge in [-0.1, -0.05) is 59.8 Å². The predicted molar refractivity (Wildman–Crippen MR) is 125 cm³/mol. The molecule has 0 unspecified atom stereocenters. The average molecular weight is 439 g/mol. The van der Waals surface area contributed by atoms with E-state index in [1.54, 1.807) is 0 Å². The second-order valence-electron chi connectivity index (χ2n) is 7.67. The van der Waals surface area contributed by atoms with Gasteiger partial charge >= 0.3 is 0 Å². The van der Waals surface area contributed by atoms with E-state index >= 15 is 0 Å². The molecular weight excluding hydrogens is 408 g/mol. The third kappa shape index (κ3) is 6.67. The molecule has 1 aromatic heterocycles. The smallest absolute Gasteiger partial charge is 0.230 e. The van der Waals surface area contributed by atoms with Crippen LogP contribution in [-0.4, -0.2) is 32.5 Å². The first kappa shape index (κ1) is 23.0. The van der Waals surface area contributed by atoms with Crippen LogP contribution in [0.4, 0.5) is 0 Å². The Morgan fingerprint density at radius 2 is 1.90 bits per heavy atom. The molecule has 1 amide bonds. The molecule has 0 bridgehead atoms. The van der Waals surface area contributed by atoms with Crippen molar-refractivity contribution in [1.29, 1.82) is 0 Å². The van der Waals surface area contributed by atoms with E-state index in [9.17, 15) is 4.79 Å². The van der Waals surface area contributed by atoms with E-state index in [1.165, 1.54) is 17.3 Å². The van der Waals surface area contributed by atoms with E-state index in [0.717, 1.165) is 34.2 Å². The number of carbonyl (C=O) groups is 1. The number of carbonyl (C=O) groups excluding carboxylic acids is 1. The summed E-state index contributed by atoms with van der Waals surface area (Å²) in [4.78, 5) is 12.4. The maximum Gasteiger partial charge on any atom is 0.230 e. The molecule has 164 valence electrons. The van der Waals surface area contributed by atoms with Crippen LogP contribution in [0.2, 0.25) is 0 Å². The number of thioether (sulfide) groups is 1. The molecule has 0 saturated heterocycles. The Kier molecular flexibility index (Phi) is 8.26. The molecule has 0 spiro atoms. The van der Waals surface area contributed by atoms with E-state index in [-0.39, 0.29) is 12.0 Å². The highest BCUT2D eigenvalue weighted by atomic mass is 32.2. The number of nitrogens with zero attached hydrogens (tertiary/aromatic N) is 3. The molecule has 7 heteroatoms. The van der Waals surface area contributed by atoms with Crippen LogP contribution in [0, 0.1) is 6.92 Å². The zero-order chi connectivity index (χ0) is 22.2. The zero-order valence-electron chi connectivity index (χ0n) is 18.6. The average Bonchev–Trinajstić information content (AvgIpc) is 3.18. The number of rotatable bonds is 10. The first-order valence-corrected chi connectivity index (χ1v) is 11.5. The largest absolute Gasteiger partial charge is 0.374 e. The summed E-state index contributed by atoms with van der Waals surface area (Å²) in [6.45, 7) is 9.96. The fourth-order valence-electron chi connectivity index (χ4n) is 3.15. The number of amides is 1. The number of ether oxygens (including phenoxy) is 1. The van der Waals surface area contributed by atoms with Crippen molar-refractivity contribution >= 4 is 17.7 Å². The third-order valence-electron chi connectivity index (χ3n) is 4.71. The van der Waals surface area contributed by atoms with Crippen LogP contribution in [-0.2, 0) is 29.2 Å². The van der Waals surface area contributed by atoms with E-state index < -0.39 is 0 Å². The highest BCUT2D eigenvalue weighted by Gasteiger charge is 2.14. The fourth-order valence-corrected chi connectivity index (χ4v) is 3.98. The van der Waals surface area contributed by atoms with Crippen molar-refractivity contribution < 1.29 is 9.53 Å². The molecule has 0 radical (unpaired) electrons. The lowest BCUT2D eigenvalue weighted by atomic mass is 10.1. The van der Waals surface area contributed by atoms with Gasteiger partial charge in [0.15, 0.2) is 11.0 Å². The summed E-state index contributed by atoms with van der Waals surface area (Å²) in [5, 5.41) is 12.4. The third-order valence-corrected chi connectivity index (χ3v) is 5.67. The minimum Gasteiger partial charge on any atom is -0.374 e. The molecule has 0 fully saturated rings. The summed E-state index contributed by atoms with van der Waals surface area (Å²) >= 11 is 1.41. The van der Waals surface area contributed by atoms with Crippen LogP contribution >= 0.6 is 11.8 Å². The van der Waals surface area contributed by atoms with Gasteiger partial charge in [-0.2, -0.15) is 0 Å². The molecule has 3 rings (SSSR count). The van der Waals surface area contributed by atoms with E-state index in [2.05, 4.69) is 47.6 Å². The van der Waals surface area contributed by atoms with Gasteiger partial charge in [0.05, 0.1) is 18.5 Å². The van der Waals surface area contributed by atoms with E-state index in [4.69, 9.17) is 4.74 Å². The lowest BCUT2D eigenvalue weighted by Gasteiger charge is -2.10. The van der Waals surface area contributed by atoms with Gasteiger partial charge in [0.1, 0.15) is 0 Å². The SMILES string of the molecule is CCn1c(SCC(=O)NCc2cccc(COC(C)C)c2)nnc1-c1cccc(C)c1. The minimum atomic E-state index is -0.0309. The second-order valence-corrected chi connectivity index (χ2v) is 8.61. The van der Waals surface area contributed by atoms with Crippen molar-refractivity contribution in [2.24, 2.45) is 0 Å². The fraction of sp³-hybridized carbons (Fsp3) is 0.375. The van der Waals surface area contributed by atoms with Gasteiger partial charge in [-0.3, -0.25) is 4.79 Å². The van der Waals surface area contributed by atoms with Crippen LogP contribution in [0.15, 0.2) is 53.7 Å². The number of aromatic nitrogens is 3. The molecule has 0 saturated carbocycles. The molecule has 0 atom stereocenters. The van der Waals surface area contributed by atoms with Gasteiger partial charge in [-0.25, -0.2) is 0 Å². The monoisotopic (exact) mass is 438 g/mol. The van der Waals surface area contributed by atoms with Crippen LogP contribution in [0.1, 0.15) is 37.5 Å². The molecule has 0 aliphatic carbocycles. The Balaban J connectivity index is 1.55. The van der Waals surface area contributed by atoms with Crippen molar-refractivity contribution in [2.45, 2.75) is 58.7 Å². The molecule has 3 aromatic rings. The number of nitrogens with one attached hydrogen (secondary N) is 1.